The van der Waals surface area contributed by atoms with Gasteiger partial charge in [-0.25, -0.2) is 0 Å². The number of carbonyl (C=O) groups is 1. The van der Waals surface area contributed by atoms with Crippen molar-refractivity contribution in [3.05, 3.63) is 0 Å². The zero-order valence-electron chi connectivity index (χ0n) is 6.46. The Morgan fingerprint density at radius 1 is 1.70 bits per heavy atom. The van der Waals surface area contributed by atoms with Gasteiger partial charge in [-0.2, -0.15) is 0 Å². The summed E-state index contributed by atoms with van der Waals surface area (Å²) < 4.78 is 4.82. The molecule has 3 heteroatoms. The predicted octanol–water partition coefficient (Wildman–Crippen LogP) is 0.254. The molecular weight excluding hydrogens is 130 g/mol. The first-order valence-corrected chi connectivity index (χ1v) is 3.70. The van der Waals surface area contributed by atoms with Crippen LogP contribution in [0.4, 0.5) is 0 Å². The topological polar surface area (TPSA) is 29.3 Å². The van der Waals surface area contributed by atoms with Crippen LogP contribution in [0.2, 0.25) is 0 Å². The van der Waals surface area contributed by atoms with E-state index < -0.39 is 0 Å². The largest absolute Gasteiger partial charge is 0.465 e. The van der Waals surface area contributed by atoms with E-state index in [4.69, 9.17) is 4.74 Å². The number of likely N-dealkylation sites (N-methyl/N-ethyl adjacent to an activating group) is 1. The summed E-state index contributed by atoms with van der Waals surface area (Å²) in [5, 5.41) is 0. The van der Waals surface area contributed by atoms with Crippen molar-refractivity contribution >= 4 is 5.97 Å². The van der Waals surface area contributed by atoms with Crippen LogP contribution < -0.4 is 0 Å². The standard InChI is InChI=1S/C7H13NO2/c1-3-8-5-6(8)7(9)10-4-2/h6H,3-5H2,1-2H3. The molecule has 2 atom stereocenters. The van der Waals surface area contributed by atoms with Crippen molar-refractivity contribution in [3.63, 3.8) is 0 Å². The Morgan fingerprint density at radius 3 is 2.80 bits per heavy atom. The minimum atomic E-state index is -0.0654. The third kappa shape index (κ3) is 1.48. The summed E-state index contributed by atoms with van der Waals surface area (Å²) in [4.78, 5) is 13.0. The van der Waals surface area contributed by atoms with Gasteiger partial charge in [-0.15, -0.1) is 0 Å². The van der Waals surface area contributed by atoms with Crippen LogP contribution in [-0.2, 0) is 9.53 Å². The van der Waals surface area contributed by atoms with E-state index in [0.717, 1.165) is 13.1 Å². The highest BCUT2D eigenvalue weighted by Crippen LogP contribution is 2.16. The number of hydrogen-bond acceptors (Lipinski definition) is 3. The molecule has 0 aliphatic carbocycles. The molecule has 1 heterocycles. The summed E-state index contributed by atoms with van der Waals surface area (Å²) in [7, 11) is 0. The molecule has 0 amide bonds. The van der Waals surface area contributed by atoms with E-state index in [1.807, 2.05) is 13.8 Å². The van der Waals surface area contributed by atoms with Gasteiger partial charge in [0.2, 0.25) is 0 Å². The molecule has 1 fully saturated rings. The molecule has 0 aromatic rings. The zero-order valence-corrected chi connectivity index (χ0v) is 6.46. The van der Waals surface area contributed by atoms with Gasteiger partial charge in [0.25, 0.3) is 0 Å². The molecule has 10 heavy (non-hydrogen) atoms. The van der Waals surface area contributed by atoms with Gasteiger partial charge >= 0.3 is 5.97 Å². The number of esters is 1. The maximum Gasteiger partial charge on any atom is 0.324 e. The summed E-state index contributed by atoms with van der Waals surface area (Å²) in [5.41, 5.74) is 0. The van der Waals surface area contributed by atoms with Crippen molar-refractivity contribution in [1.82, 2.24) is 4.90 Å². The van der Waals surface area contributed by atoms with Crippen molar-refractivity contribution in [2.45, 2.75) is 19.9 Å². The van der Waals surface area contributed by atoms with Gasteiger partial charge in [0.15, 0.2) is 0 Å². The van der Waals surface area contributed by atoms with E-state index >= 15 is 0 Å². The Hall–Kier alpha value is -0.570. The second kappa shape index (κ2) is 3.01. The van der Waals surface area contributed by atoms with Crippen LogP contribution in [0.3, 0.4) is 0 Å². The van der Waals surface area contributed by atoms with E-state index in [9.17, 15) is 4.79 Å². The van der Waals surface area contributed by atoms with E-state index in [-0.39, 0.29) is 12.0 Å². The van der Waals surface area contributed by atoms with Crippen LogP contribution in [0, 0.1) is 0 Å². The molecule has 1 saturated heterocycles. The van der Waals surface area contributed by atoms with Gasteiger partial charge in [0, 0.05) is 6.54 Å². The molecule has 2 unspecified atom stereocenters. The molecule has 0 saturated carbocycles. The maximum atomic E-state index is 10.9. The van der Waals surface area contributed by atoms with Crippen molar-refractivity contribution in [1.29, 1.82) is 0 Å². The lowest BCUT2D eigenvalue weighted by Gasteiger charge is -1.99. The minimum Gasteiger partial charge on any atom is -0.465 e. The molecule has 3 nitrogen and oxygen atoms in total. The highest BCUT2D eigenvalue weighted by molar-refractivity contribution is 5.79. The molecule has 0 N–H and O–H groups in total. The molecule has 1 rings (SSSR count). The van der Waals surface area contributed by atoms with Gasteiger partial charge < -0.3 is 4.74 Å². The van der Waals surface area contributed by atoms with E-state index in [1.165, 1.54) is 0 Å². The Kier molecular flexibility index (Phi) is 2.27. The molecule has 58 valence electrons. The molecule has 0 radical (unpaired) electrons. The number of rotatable bonds is 3. The number of carbonyl (C=O) groups excluding carboxylic acids is 1. The third-order valence-electron chi connectivity index (χ3n) is 1.68. The quantitative estimate of drug-likeness (QED) is 0.419. The van der Waals surface area contributed by atoms with Crippen LogP contribution in [0.1, 0.15) is 13.8 Å². The summed E-state index contributed by atoms with van der Waals surface area (Å²) in [6, 6.07) is 0.0740. The lowest BCUT2D eigenvalue weighted by Crippen LogP contribution is -2.15. The van der Waals surface area contributed by atoms with Crippen molar-refractivity contribution in [2.75, 3.05) is 19.7 Å². The highest BCUT2D eigenvalue weighted by Gasteiger charge is 2.39. The Labute approximate surface area is 61.0 Å². The average Bonchev–Trinajstić information content (AvgIpc) is 2.66. The molecule has 1 aliphatic rings. The fourth-order valence-electron chi connectivity index (χ4n) is 0.987. The van der Waals surface area contributed by atoms with Crippen LogP contribution in [0.25, 0.3) is 0 Å². The van der Waals surface area contributed by atoms with Gasteiger partial charge in [-0.3, -0.25) is 9.69 Å². The molecule has 0 aromatic carbocycles. The Morgan fingerprint density at radius 2 is 2.40 bits per heavy atom. The zero-order chi connectivity index (χ0) is 7.56. The van der Waals surface area contributed by atoms with Crippen molar-refractivity contribution in [3.8, 4) is 0 Å². The number of ether oxygens (including phenoxy) is 1. The van der Waals surface area contributed by atoms with Crippen LogP contribution >= 0.6 is 0 Å². The third-order valence-corrected chi connectivity index (χ3v) is 1.68. The molecular formula is C7H13NO2. The minimum absolute atomic E-state index is 0.0654. The first-order chi connectivity index (χ1) is 4.79. The van der Waals surface area contributed by atoms with Gasteiger partial charge in [0.05, 0.1) is 6.61 Å². The lowest BCUT2D eigenvalue weighted by molar-refractivity contribution is -0.143. The van der Waals surface area contributed by atoms with Crippen LogP contribution in [0.5, 0.6) is 0 Å². The molecule has 1 aliphatic heterocycles. The normalized spacial score (nSPS) is 29.8. The number of nitrogens with zero attached hydrogens (tertiary/aromatic N) is 1. The summed E-state index contributed by atoms with van der Waals surface area (Å²) in [6.45, 7) is 6.20. The second-order valence-corrected chi connectivity index (χ2v) is 2.36. The van der Waals surface area contributed by atoms with Gasteiger partial charge in [0.1, 0.15) is 6.04 Å². The molecule has 0 spiro atoms. The average molecular weight is 143 g/mol. The van der Waals surface area contributed by atoms with Gasteiger partial charge in [-0.05, 0) is 13.5 Å². The smallest absolute Gasteiger partial charge is 0.324 e. The fourth-order valence-corrected chi connectivity index (χ4v) is 0.987. The summed E-state index contributed by atoms with van der Waals surface area (Å²) in [5.74, 6) is -0.0654. The van der Waals surface area contributed by atoms with Gasteiger partial charge in [-0.1, -0.05) is 6.92 Å². The van der Waals surface area contributed by atoms with Crippen molar-refractivity contribution in [2.24, 2.45) is 0 Å². The SMILES string of the molecule is CCOC(=O)C1CN1CC. The summed E-state index contributed by atoms with van der Waals surface area (Å²) >= 11 is 0. The van der Waals surface area contributed by atoms with E-state index in [0.29, 0.717) is 6.61 Å². The van der Waals surface area contributed by atoms with E-state index in [1.54, 1.807) is 0 Å². The lowest BCUT2D eigenvalue weighted by atomic mass is 10.5. The molecule has 0 bridgehead atoms. The second-order valence-electron chi connectivity index (χ2n) is 2.36. The van der Waals surface area contributed by atoms with Crippen LogP contribution in [-0.4, -0.2) is 36.6 Å². The fraction of sp³-hybridized carbons (Fsp3) is 0.857. The first kappa shape index (κ1) is 7.54. The maximum absolute atomic E-state index is 10.9. The van der Waals surface area contributed by atoms with Crippen LogP contribution in [0.15, 0.2) is 0 Å². The predicted molar refractivity (Wildman–Crippen MR) is 37.7 cm³/mol. The number of hydrogen-bond donors (Lipinski definition) is 0. The first-order valence-electron chi connectivity index (χ1n) is 3.70. The monoisotopic (exact) mass is 143 g/mol. The Bertz CT molecular complexity index is 136. The highest BCUT2D eigenvalue weighted by atomic mass is 16.5. The van der Waals surface area contributed by atoms with Crippen molar-refractivity contribution < 1.29 is 9.53 Å². The summed E-state index contributed by atoms with van der Waals surface area (Å²) in [6.07, 6.45) is 0. The Balaban J connectivity index is 2.19. The molecule has 0 aromatic heterocycles. The van der Waals surface area contributed by atoms with E-state index in [2.05, 4.69) is 4.90 Å².